The van der Waals surface area contributed by atoms with E-state index in [1.807, 2.05) is 0 Å². The van der Waals surface area contributed by atoms with Crippen molar-refractivity contribution in [2.45, 2.75) is 31.7 Å². The van der Waals surface area contributed by atoms with Gasteiger partial charge in [0.2, 0.25) is 5.91 Å². The molecule has 1 saturated carbocycles. The smallest absolute Gasteiger partial charge is 0.233 e. The van der Waals surface area contributed by atoms with Crippen molar-refractivity contribution in [1.82, 2.24) is 10.2 Å². The molecule has 0 atom stereocenters. The van der Waals surface area contributed by atoms with Crippen LogP contribution in [0.2, 0.25) is 0 Å². The van der Waals surface area contributed by atoms with E-state index < -0.39 is 0 Å². The Hall–Kier alpha value is -0.610. The lowest BCUT2D eigenvalue weighted by molar-refractivity contribution is -0.121. The lowest BCUT2D eigenvalue weighted by Gasteiger charge is -2.20. The van der Waals surface area contributed by atoms with Gasteiger partial charge < -0.3 is 10.4 Å². The number of hydrogen-bond donors (Lipinski definition) is 2. The first-order valence-electron chi connectivity index (χ1n) is 5.33. The summed E-state index contributed by atoms with van der Waals surface area (Å²) in [6.07, 6.45) is 4.24. The Morgan fingerprint density at radius 2 is 2.21 bits per heavy atom. The summed E-state index contributed by atoms with van der Waals surface area (Å²) in [6, 6.07) is 0.617. The fraction of sp³-hybridized carbons (Fsp3) is 0.900. The molecule has 0 saturated heterocycles. The second-order valence-electron chi connectivity index (χ2n) is 3.81. The van der Waals surface area contributed by atoms with Gasteiger partial charge in [-0.25, -0.2) is 0 Å². The van der Waals surface area contributed by atoms with E-state index in [2.05, 4.69) is 10.2 Å². The molecule has 0 heterocycles. The molecule has 0 aromatic heterocycles. The van der Waals surface area contributed by atoms with Crippen molar-refractivity contribution < 1.29 is 9.90 Å². The number of unbranched alkanes of at least 4 members (excludes halogenated alkanes) is 1. The quantitative estimate of drug-likeness (QED) is 0.567. The average Bonchev–Trinajstić information content (AvgIpc) is 2.99. The molecule has 1 aliphatic rings. The standard InChI is InChI=1S/C10H20N2O2/c1-11-10(14)8-12(9-4-5-9)6-2-3-7-13/h9,13H,2-8H2,1H3,(H,11,14). The van der Waals surface area contributed by atoms with Gasteiger partial charge in [-0.3, -0.25) is 9.69 Å². The third kappa shape index (κ3) is 4.07. The van der Waals surface area contributed by atoms with Crippen LogP contribution in [0, 0.1) is 0 Å². The highest BCUT2D eigenvalue weighted by molar-refractivity contribution is 5.77. The molecule has 82 valence electrons. The topological polar surface area (TPSA) is 52.6 Å². The number of nitrogens with zero attached hydrogens (tertiary/aromatic N) is 1. The Morgan fingerprint density at radius 1 is 1.50 bits per heavy atom. The predicted octanol–water partition coefficient (Wildman–Crippen LogP) is -0.0307. The third-order valence-electron chi connectivity index (χ3n) is 2.54. The summed E-state index contributed by atoms with van der Waals surface area (Å²) >= 11 is 0. The molecule has 0 bridgehead atoms. The first-order valence-corrected chi connectivity index (χ1v) is 5.33. The molecule has 4 heteroatoms. The Labute approximate surface area is 85.3 Å². The fourth-order valence-electron chi connectivity index (χ4n) is 1.52. The summed E-state index contributed by atoms with van der Waals surface area (Å²) in [5, 5.41) is 11.3. The summed E-state index contributed by atoms with van der Waals surface area (Å²) in [6.45, 7) is 1.68. The van der Waals surface area contributed by atoms with Crippen LogP contribution >= 0.6 is 0 Å². The van der Waals surface area contributed by atoms with Crippen molar-refractivity contribution in [3.05, 3.63) is 0 Å². The average molecular weight is 200 g/mol. The van der Waals surface area contributed by atoms with E-state index in [4.69, 9.17) is 5.11 Å². The van der Waals surface area contributed by atoms with Crippen molar-refractivity contribution in [2.24, 2.45) is 0 Å². The van der Waals surface area contributed by atoms with Gasteiger partial charge in [0.15, 0.2) is 0 Å². The van der Waals surface area contributed by atoms with E-state index >= 15 is 0 Å². The van der Waals surface area contributed by atoms with Gasteiger partial charge in [-0.2, -0.15) is 0 Å². The third-order valence-corrected chi connectivity index (χ3v) is 2.54. The summed E-state index contributed by atoms with van der Waals surface area (Å²) in [5.74, 6) is 0.0842. The zero-order valence-corrected chi connectivity index (χ0v) is 8.83. The van der Waals surface area contributed by atoms with Gasteiger partial charge in [-0.05, 0) is 32.2 Å². The molecule has 0 spiro atoms. The highest BCUT2D eigenvalue weighted by Gasteiger charge is 2.29. The van der Waals surface area contributed by atoms with Crippen LogP contribution in [0.25, 0.3) is 0 Å². The van der Waals surface area contributed by atoms with Crippen LogP contribution in [0.1, 0.15) is 25.7 Å². The summed E-state index contributed by atoms with van der Waals surface area (Å²) < 4.78 is 0. The second-order valence-corrected chi connectivity index (χ2v) is 3.81. The predicted molar refractivity (Wildman–Crippen MR) is 55.0 cm³/mol. The Balaban J connectivity index is 2.20. The molecule has 0 unspecified atom stereocenters. The van der Waals surface area contributed by atoms with Crippen LogP contribution in [0.5, 0.6) is 0 Å². The summed E-state index contributed by atoms with van der Waals surface area (Å²) in [7, 11) is 1.67. The minimum Gasteiger partial charge on any atom is -0.396 e. The second kappa shape index (κ2) is 5.98. The molecule has 0 aromatic rings. The molecule has 1 rings (SSSR count). The number of carbonyl (C=O) groups excluding carboxylic acids is 1. The molecule has 1 fully saturated rings. The molecule has 1 amide bonds. The molecule has 14 heavy (non-hydrogen) atoms. The van der Waals surface area contributed by atoms with Gasteiger partial charge in [-0.15, -0.1) is 0 Å². The van der Waals surface area contributed by atoms with E-state index in [1.54, 1.807) is 7.05 Å². The van der Waals surface area contributed by atoms with Gasteiger partial charge in [0.25, 0.3) is 0 Å². The molecule has 2 N–H and O–H groups in total. The SMILES string of the molecule is CNC(=O)CN(CCCCO)C1CC1. The number of nitrogens with one attached hydrogen (secondary N) is 1. The Kier molecular flexibility index (Phi) is 4.90. The van der Waals surface area contributed by atoms with Crippen LogP contribution in [-0.4, -0.2) is 48.7 Å². The highest BCUT2D eigenvalue weighted by Crippen LogP contribution is 2.26. The number of amides is 1. The maximum Gasteiger partial charge on any atom is 0.233 e. The van der Waals surface area contributed by atoms with Crippen LogP contribution < -0.4 is 5.32 Å². The van der Waals surface area contributed by atoms with Crippen molar-refractivity contribution in [3.63, 3.8) is 0 Å². The van der Waals surface area contributed by atoms with E-state index in [9.17, 15) is 4.79 Å². The maximum absolute atomic E-state index is 11.2. The number of rotatable bonds is 7. The van der Waals surface area contributed by atoms with Crippen molar-refractivity contribution in [3.8, 4) is 0 Å². The van der Waals surface area contributed by atoms with Crippen molar-refractivity contribution in [1.29, 1.82) is 0 Å². The van der Waals surface area contributed by atoms with Gasteiger partial charge in [0, 0.05) is 19.7 Å². The van der Waals surface area contributed by atoms with Gasteiger partial charge >= 0.3 is 0 Å². The van der Waals surface area contributed by atoms with Crippen molar-refractivity contribution in [2.75, 3.05) is 26.7 Å². The Bertz CT molecular complexity index is 181. The summed E-state index contributed by atoms with van der Waals surface area (Å²) in [4.78, 5) is 13.4. The molecule has 0 aromatic carbocycles. The number of aliphatic hydroxyl groups is 1. The first kappa shape index (κ1) is 11.5. The summed E-state index contributed by atoms with van der Waals surface area (Å²) in [5.41, 5.74) is 0. The van der Waals surface area contributed by atoms with E-state index in [1.165, 1.54) is 12.8 Å². The van der Waals surface area contributed by atoms with E-state index in [0.717, 1.165) is 19.4 Å². The minimum absolute atomic E-state index is 0.0842. The Morgan fingerprint density at radius 3 is 2.71 bits per heavy atom. The van der Waals surface area contributed by atoms with Crippen LogP contribution in [-0.2, 0) is 4.79 Å². The van der Waals surface area contributed by atoms with Crippen LogP contribution in [0.3, 0.4) is 0 Å². The molecule has 0 radical (unpaired) electrons. The molecule has 1 aliphatic carbocycles. The lowest BCUT2D eigenvalue weighted by atomic mass is 10.3. The monoisotopic (exact) mass is 200 g/mol. The van der Waals surface area contributed by atoms with Crippen molar-refractivity contribution >= 4 is 5.91 Å². The molecule has 0 aliphatic heterocycles. The minimum atomic E-state index is 0.0842. The largest absolute Gasteiger partial charge is 0.396 e. The molecule has 4 nitrogen and oxygen atoms in total. The number of aliphatic hydroxyl groups excluding tert-OH is 1. The van der Waals surface area contributed by atoms with E-state index in [0.29, 0.717) is 12.6 Å². The van der Waals surface area contributed by atoms with Crippen LogP contribution in [0.15, 0.2) is 0 Å². The van der Waals surface area contributed by atoms with Gasteiger partial charge in [-0.1, -0.05) is 0 Å². The van der Waals surface area contributed by atoms with Crippen LogP contribution in [0.4, 0.5) is 0 Å². The number of hydrogen-bond acceptors (Lipinski definition) is 3. The number of carbonyl (C=O) groups is 1. The maximum atomic E-state index is 11.2. The highest BCUT2D eigenvalue weighted by atomic mass is 16.2. The van der Waals surface area contributed by atoms with Gasteiger partial charge in [0.05, 0.1) is 6.54 Å². The molecular weight excluding hydrogens is 180 g/mol. The fourth-order valence-corrected chi connectivity index (χ4v) is 1.52. The normalized spacial score (nSPS) is 15.9. The lowest BCUT2D eigenvalue weighted by Crippen LogP contribution is -2.37. The zero-order valence-electron chi connectivity index (χ0n) is 8.83. The first-order chi connectivity index (χ1) is 6.77. The molecular formula is C10H20N2O2. The van der Waals surface area contributed by atoms with E-state index in [-0.39, 0.29) is 12.5 Å². The number of likely N-dealkylation sites (N-methyl/N-ethyl adjacent to an activating group) is 1. The zero-order chi connectivity index (χ0) is 10.4. The van der Waals surface area contributed by atoms with Gasteiger partial charge in [0.1, 0.15) is 0 Å².